The number of piperidine rings is 1. The van der Waals surface area contributed by atoms with Crippen LogP contribution in [0.25, 0.3) is 0 Å². The quantitative estimate of drug-likeness (QED) is 0.577. The summed E-state index contributed by atoms with van der Waals surface area (Å²) in [4.78, 5) is 19.6. The Hall–Kier alpha value is -2.35. The molecule has 32 heavy (non-hydrogen) atoms. The fraction of sp³-hybridized carbons (Fsp3) is 0.560. The van der Waals surface area contributed by atoms with Gasteiger partial charge in [-0.05, 0) is 37.9 Å². The zero-order chi connectivity index (χ0) is 23.1. The molecule has 2 saturated heterocycles. The van der Waals surface area contributed by atoms with Crippen LogP contribution >= 0.6 is 0 Å². The summed E-state index contributed by atoms with van der Waals surface area (Å²) in [5, 5.41) is 3.91. The molecule has 1 amide bonds. The molecule has 3 rings (SSSR count). The van der Waals surface area contributed by atoms with E-state index in [-0.39, 0.29) is 5.91 Å². The van der Waals surface area contributed by atoms with Gasteiger partial charge in [0.15, 0.2) is 0 Å². The molecule has 2 aliphatic heterocycles. The van der Waals surface area contributed by atoms with Gasteiger partial charge in [0.25, 0.3) is 5.91 Å². The fourth-order valence-electron chi connectivity index (χ4n) is 4.31. The molecule has 1 unspecified atom stereocenters. The number of nitrogens with zero attached hydrogens (tertiary/aromatic N) is 5. The van der Waals surface area contributed by atoms with Gasteiger partial charge in [-0.3, -0.25) is 14.7 Å². The highest BCUT2D eigenvalue weighted by Crippen LogP contribution is 2.26. The molecule has 0 spiro atoms. The highest BCUT2D eigenvalue weighted by Gasteiger charge is 2.37. The van der Waals surface area contributed by atoms with Gasteiger partial charge in [-0.2, -0.15) is 5.01 Å². The van der Waals surface area contributed by atoms with Gasteiger partial charge < -0.3 is 14.5 Å². The van der Waals surface area contributed by atoms with Gasteiger partial charge in [-0.25, -0.2) is 0 Å². The third kappa shape index (κ3) is 5.71. The van der Waals surface area contributed by atoms with Crippen molar-refractivity contribution in [3.8, 4) is 0 Å². The van der Waals surface area contributed by atoms with Crippen LogP contribution in [0.3, 0.4) is 0 Å². The van der Waals surface area contributed by atoms with Crippen molar-refractivity contribution in [1.82, 2.24) is 24.7 Å². The molecule has 2 aliphatic rings. The summed E-state index contributed by atoms with van der Waals surface area (Å²) in [6, 6.07) is 10.1. The van der Waals surface area contributed by atoms with Crippen LogP contribution in [0.15, 0.2) is 55.0 Å². The summed E-state index contributed by atoms with van der Waals surface area (Å²) < 4.78 is 6.45. The molecule has 0 radical (unpaired) electrons. The lowest BCUT2D eigenvalue weighted by Gasteiger charge is -2.48. The maximum absolute atomic E-state index is 13.4. The first kappa shape index (κ1) is 24.3. The average Bonchev–Trinajstić information content (AvgIpc) is 2.83. The van der Waals surface area contributed by atoms with E-state index in [0.29, 0.717) is 31.2 Å². The number of likely N-dealkylation sites (tertiary alicyclic amines) is 1. The second-order valence-corrected chi connectivity index (χ2v) is 8.63. The smallest absolute Gasteiger partial charge is 0.275 e. The summed E-state index contributed by atoms with van der Waals surface area (Å²) in [6.07, 6.45) is 4.19. The van der Waals surface area contributed by atoms with Crippen molar-refractivity contribution < 1.29 is 9.53 Å². The Morgan fingerprint density at radius 1 is 1.03 bits per heavy atom. The summed E-state index contributed by atoms with van der Waals surface area (Å²) in [6.45, 7) is 15.3. The van der Waals surface area contributed by atoms with Crippen molar-refractivity contribution in [2.24, 2.45) is 0 Å². The highest BCUT2D eigenvalue weighted by molar-refractivity contribution is 5.93. The third-order valence-electron chi connectivity index (χ3n) is 6.35. The van der Waals surface area contributed by atoms with Crippen molar-refractivity contribution >= 4 is 5.91 Å². The van der Waals surface area contributed by atoms with Crippen LogP contribution in [0.1, 0.15) is 38.2 Å². The number of hydrogen-bond donors (Lipinski definition) is 0. The molecule has 1 aromatic rings. The summed E-state index contributed by atoms with van der Waals surface area (Å²) in [5.74, 6) is 0.502. The number of ether oxygens (including phenoxy) is 1. The Morgan fingerprint density at radius 2 is 1.72 bits per heavy atom. The minimum Gasteiger partial charge on any atom is -0.342 e. The zero-order valence-corrected chi connectivity index (χ0v) is 20.0. The van der Waals surface area contributed by atoms with Gasteiger partial charge >= 0.3 is 0 Å². The van der Waals surface area contributed by atoms with E-state index in [2.05, 4.69) is 37.1 Å². The van der Waals surface area contributed by atoms with Crippen LogP contribution in [0.4, 0.5) is 0 Å². The molecule has 7 nitrogen and oxygen atoms in total. The zero-order valence-electron chi connectivity index (χ0n) is 20.0. The number of benzene rings is 1. The minimum atomic E-state index is -0.470. The second-order valence-electron chi connectivity index (χ2n) is 8.63. The van der Waals surface area contributed by atoms with E-state index in [1.54, 1.807) is 4.90 Å². The standard InChI is InChI=1S/C25H39N5O2/c1-6-15-29-22(3)26(4)27(5)25(32-19-18-28-16-11-8-12-17-28)30(21(2)24(29)31)20-23-13-9-7-10-14-23/h7,9-10,13-14,25H,2-3,6,8,11-12,15-20H2,1,4-5H3. The molecule has 7 heteroatoms. The van der Waals surface area contributed by atoms with Crippen LogP contribution in [-0.4, -0.2) is 83.9 Å². The van der Waals surface area contributed by atoms with Crippen molar-refractivity contribution in [3.05, 3.63) is 60.6 Å². The largest absolute Gasteiger partial charge is 0.342 e. The lowest BCUT2D eigenvalue weighted by molar-refractivity contribution is -0.210. The highest BCUT2D eigenvalue weighted by atomic mass is 16.5. The van der Waals surface area contributed by atoms with E-state index < -0.39 is 6.35 Å². The predicted molar refractivity (Wildman–Crippen MR) is 128 cm³/mol. The van der Waals surface area contributed by atoms with Crippen LogP contribution < -0.4 is 0 Å². The molecule has 0 saturated carbocycles. The minimum absolute atomic E-state index is 0.127. The number of hydrazine groups is 1. The van der Waals surface area contributed by atoms with E-state index in [4.69, 9.17) is 4.74 Å². The lowest BCUT2D eigenvalue weighted by atomic mass is 10.1. The third-order valence-corrected chi connectivity index (χ3v) is 6.35. The molecule has 176 valence electrons. The SMILES string of the molecule is C=C1C(=O)N(CCC)C(=C)N(C)N(C)C(OCCN2CCCCC2)N1Cc1ccccc1. The van der Waals surface area contributed by atoms with Crippen molar-refractivity contribution in [1.29, 1.82) is 0 Å². The Bertz CT molecular complexity index is 778. The van der Waals surface area contributed by atoms with Crippen LogP contribution in [-0.2, 0) is 16.1 Å². The van der Waals surface area contributed by atoms with Crippen LogP contribution in [0, 0.1) is 0 Å². The summed E-state index contributed by atoms with van der Waals surface area (Å²) >= 11 is 0. The number of carbonyl (C=O) groups is 1. The van der Waals surface area contributed by atoms with E-state index in [9.17, 15) is 4.79 Å². The first-order chi connectivity index (χ1) is 15.4. The fourth-order valence-corrected chi connectivity index (χ4v) is 4.31. The Labute approximate surface area is 193 Å². The second kappa shape index (κ2) is 11.5. The molecule has 0 aromatic heterocycles. The Balaban J connectivity index is 1.84. The number of amides is 1. The summed E-state index contributed by atoms with van der Waals surface area (Å²) in [7, 11) is 3.90. The maximum Gasteiger partial charge on any atom is 0.275 e. The van der Waals surface area contributed by atoms with E-state index in [1.165, 1.54) is 19.3 Å². The first-order valence-corrected chi connectivity index (χ1v) is 11.7. The van der Waals surface area contributed by atoms with Gasteiger partial charge in [0, 0.05) is 33.7 Å². The number of hydrogen-bond acceptors (Lipinski definition) is 6. The summed E-state index contributed by atoms with van der Waals surface area (Å²) in [5.41, 5.74) is 1.52. The monoisotopic (exact) mass is 441 g/mol. The van der Waals surface area contributed by atoms with Crippen molar-refractivity contribution in [2.75, 3.05) is 46.9 Å². The average molecular weight is 442 g/mol. The van der Waals surface area contributed by atoms with Crippen LogP contribution in [0.2, 0.25) is 0 Å². The molecular formula is C25H39N5O2. The van der Waals surface area contributed by atoms with Gasteiger partial charge in [0.2, 0.25) is 6.35 Å². The molecular weight excluding hydrogens is 402 g/mol. The maximum atomic E-state index is 13.4. The van der Waals surface area contributed by atoms with Crippen molar-refractivity contribution in [3.63, 3.8) is 0 Å². The first-order valence-electron chi connectivity index (χ1n) is 11.7. The van der Waals surface area contributed by atoms with E-state index in [1.807, 2.05) is 47.2 Å². The molecule has 1 atom stereocenters. The molecule has 2 heterocycles. The number of carbonyl (C=O) groups excluding carboxylic acids is 1. The van der Waals surface area contributed by atoms with E-state index >= 15 is 0 Å². The Morgan fingerprint density at radius 3 is 2.38 bits per heavy atom. The van der Waals surface area contributed by atoms with Gasteiger partial charge in [-0.15, -0.1) is 0 Å². The Kier molecular flexibility index (Phi) is 8.73. The van der Waals surface area contributed by atoms with E-state index in [0.717, 1.165) is 31.6 Å². The van der Waals surface area contributed by atoms with Gasteiger partial charge in [0.1, 0.15) is 5.82 Å². The molecule has 2 fully saturated rings. The normalized spacial score (nSPS) is 21.8. The lowest BCUT2D eigenvalue weighted by Crippen LogP contribution is -2.59. The predicted octanol–water partition coefficient (Wildman–Crippen LogP) is 3.29. The number of rotatable bonds is 8. The molecule has 0 aliphatic carbocycles. The molecule has 0 bridgehead atoms. The van der Waals surface area contributed by atoms with Crippen molar-refractivity contribution in [2.45, 2.75) is 45.5 Å². The van der Waals surface area contributed by atoms with Gasteiger partial charge in [0.05, 0.1) is 12.3 Å². The molecule has 0 N–H and O–H groups in total. The van der Waals surface area contributed by atoms with Crippen LogP contribution in [0.5, 0.6) is 0 Å². The molecule has 1 aromatic carbocycles. The van der Waals surface area contributed by atoms with Gasteiger partial charge in [-0.1, -0.05) is 56.8 Å². The topological polar surface area (TPSA) is 42.5 Å².